The largest absolute Gasteiger partial charge is 0.332 e. The molecule has 1 N–H and O–H groups in total. The van der Waals surface area contributed by atoms with Crippen LogP contribution in [0.5, 0.6) is 0 Å². The van der Waals surface area contributed by atoms with Crippen molar-refractivity contribution in [3.63, 3.8) is 0 Å². The summed E-state index contributed by atoms with van der Waals surface area (Å²) in [6.07, 6.45) is 0. The standard InChI is InChI=1S/C27H29FN4O2S/c1-19(2)15-32(27(34)30-24-10-6-21(14-29)7-11-24)18-26(33)31(17-25-20(3)12-13-35-25)16-22-4-8-23(28)9-5-22/h4-13,19H,15-18H2,1-3H3,(H,30,34). The molecular formula is C27H29FN4O2S. The van der Waals surface area contributed by atoms with Crippen molar-refractivity contribution in [3.8, 4) is 6.07 Å². The highest BCUT2D eigenvalue weighted by molar-refractivity contribution is 7.10. The van der Waals surface area contributed by atoms with E-state index in [1.54, 1.807) is 52.6 Å². The number of thiophene rings is 1. The molecule has 0 saturated carbocycles. The van der Waals surface area contributed by atoms with Gasteiger partial charge >= 0.3 is 6.03 Å². The summed E-state index contributed by atoms with van der Waals surface area (Å²) < 4.78 is 13.4. The van der Waals surface area contributed by atoms with Crippen LogP contribution in [-0.2, 0) is 17.9 Å². The summed E-state index contributed by atoms with van der Waals surface area (Å²) in [5, 5.41) is 13.8. The van der Waals surface area contributed by atoms with E-state index in [4.69, 9.17) is 5.26 Å². The summed E-state index contributed by atoms with van der Waals surface area (Å²) in [6.45, 7) is 7.00. The van der Waals surface area contributed by atoms with Gasteiger partial charge in [-0.05, 0) is 71.8 Å². The highest BCUT2D eigenvalue weighted by atomic mass is 32.1. The lowest BCUT2D eigenvalue weighted by Gasteiger charge is -2.29. The SMILES string of the molecule is Cc1ccsc1CN(Cc1ccc(F)cc1)C(=O)CN(CC(C)C)C(=O)Nc1ccc(C#N)cc1. The molecule has 1 heterocycles. The summed E-state index contributed by atoms with van der Waals surface area (Å²) >= 11 is 1.58. The molecule has 35 heavy (non-hydrogen) atoms. The summed E-state index contributed by atoms with van der Waals surface area (Å²) in [6, 6.07) is 16.3. The van der Waals surface area contributed by atoms with Crippen LogP contribution < -0.4 is 5.32 Å². The first-order chi connectivity index (χ1) is 16.7. The van der Waals surface area contributed by atoms with Crippen LogP contribution in [0.3, 0.4) is 0 Å². The fourth-order valence-corrected chi connectivity index (χ4v) is 4.46. The molecule has 182 valence electrons. The van der Waals surface area contributed by atoms with Crippen molar-refractivity contribution < 1.29 is 14.0 Å². The normalized spacial score (nSPS) is 10.6. The van der Waals surface area contributed by atoms with Crippen LogP contribution in [-0.4, -0.2) is 34.8 Å². The van der Waals surface area contributed by atoms with Gasteiger partial charge in [-0.15, -0.1) is 11.3 Å². The minimum Gasteiger partial charge on any atom is -0.332 e. The number of carbonyl (C=O) groups excluding carboxylic acids is 2. The average molecular weight is 493 g/mol. The maximum Gasteiger partial charge on any atom is 0.322 e. The molecule has 3 aromatic rings. The van der Waals surface area contributed by atoms with Crippen molar-refractivity contribution in [2.45, 2.75) is 33.9 Å². The van der Waals surface area contributed by atoms with Crippen LogP contribution in [0.25, 0.3) is 0 Å². The van der Waals surface area contributed by atoms with Gasteiger partial charge < -0.3 is 15.1 Å². The topological polar surface area (TPSA) is 76.4 Å². The van der Waals surface area contributed by atoms with Gasteiger partial charge in [-0.25, -0.2) is 9.18 Å². The maximum absolute atomic E-state index is 13.5. The first kappa shape index (κ1) is 25.9. The number of hydrogen-bond donors (Lipinski definition) is 1. The number of rotatable bonds is 9. The first-order valence-corrected chi connectivity index (χ1v) is 12.2. The van der Waals surface area contributed by atoms with Gasteiger partial charge in [-0.1, -0.05) is 26.0 Å². The molecule has 8 heteroatoms. The van der Waals surface area contributed by atoms with Crippen molar-refractivity contribution in [1.29, 1.82) is 5.26 Å². The number of halogens is 1. The molecule has 0 unspecified atom stereocenters. The van der Waals surface area contributed by atoms with Crippen molar-refractivity contribution in [1.82, 2.24) is 9.80 Å². The number of urea groups is 1. The molecule has 0 radical (unpaired) electrons. The van der Waals surface area contributed by atoms with E-state index in [9.17, 15) is 14.0 Å². The summed E-state index contributed by atoms with van der Waals surface area (Å²) in [5.41, 5.74) is 2.96. The number of carbonyl (C=O) groups is 2. The van der Waals surface area contributed by atoms with Gasteiger partial charge in [-0.3, -0.25) is 4.79 Å². The number of nitrogens with one attached hydrogen (secondary N) is 1. The fraction of sp³-hybridized carbons (Fsp3) is 0.296. The van der Waals surface area contributed by atoms with E-state index in [0.717, 1.165) is 16.0 Å². The predicted octanol–water partition coefficient (Wildman–Crippen LogP) is 5.79. The van der Waals surface area contributed by atoms with E-state index < -0.39 is 0 Å². The maximum atomic E-state index is 13.5. The van der Waals surface area contributed by atoms with E-state index in [1.165, 1.54) is 17.0 Å². The second-order valence-electron chi connectivity index (χ2n) is 8.80. The van der Waals surface area contributed by atoms with Crippen LogP contribution >= 0.6 is 11.3 Å². The molecule has 3 rings (SSSR count). The molecule has 0 bridgehead atoms. The highest BCUT2D eigenvalue weighted by Gasteiger charge is 2.23. The third kappa shape index (κ3) is 7.66. The van der Waals surface area contributed by atoms with Crippen molar-refractivity contribution in [2.75, 3.05) is 18.4 Å². The Morgan fingerprint density at radius 2 is 1.71 bits per heavy atom. The average Bonchev–Trinajstić information content (AvgIpc) is 3.24. The Bertz CT molecular complexity index is 1180. The smallest absolute Gasteiger partial charge is 0.322 e. The molecule has 3 amide bonds. The first-order valence-electron chi connectivity index (χ1n) is 11.4. The molecule has 1 aromatic heterocycles. The number of amides is 3. The highest BCUT2D eigenvalue weighted by Crippen LogP contribution is 2.20. The number of aryl methyl sites for hydroxylation is 1. The number of benzene rings is 2. The van der Waals surface area contributed by atoms with Crippen LogP contribution in [0.1, 0.15) is 35.4 Å². The summed E-state index contributed by atoms with van der Waals surface area (Å²) in [7, 11) is 0. The van der Waals surface area contributed by atoms with Crippen molar-refractivity contribution >= 4 is 29.0 Å². The molecule has 0 saturated heterocycles. The van der Waals surface area contributed by atoms with E-state index >= 15 is 0 Å². The van der Waals surface area contributed by atoms with Gasteiger partial charge in [0.1, 0.15) is 12.4 Å². The predicted molar refractivity (Wildman–Crippen MR) is 136 cm³/mol. The van der Waals surface area contributed by atoms with E-state index in [2.05, 4.69) is 5.32 Å². The Labute approximate surface area is 209 Å². The zero-order chi connectivity index (χ0) is 25.4. The Morgan fingerprint density at radius 3 is 2.29 bits per heavy atom. The lowest BCUT2D eigenvalue weighted by atomic mass is 10.2. The van der Waals surface area contributed by atoms with Crippen molar-refractivity contribution in [2.24, 2.45) is 5.92 Å². The Balaban J connectivity index is 1.78. The lowest BCUT2D eigenvalue weighted by Crippen LogP contribution is -2.45. The molecular weight excluding hydrogens is 463 g/mol. The molecule has 0 fully saturated rings. The molecule has 0 aliphatic heterocycles. The van der Waals surface area contributed by atoms with Crippen LogP contribution in [0.15, 0.2) is 60.0 Å². The Hall–Kier alpha value is -3.70. The summed E-state index contributed by atoms with van der Waals surface area (Å²) in [4.78, 5) is 30.8. The van der Waals surface area contributed by atoms with Gasteiger partial charge in [0.25, 0.3) is 0 Å². The Kier molecular flexibility index (Phi) is 8.98. The van der Waals surface area contributed by atoms with E-state index in [1.807, 2.05) is 38.3 Å². The minimum absolute atomic E-state index is 0.0914. The minimum atomic E-state index is -0.384. The van der Waals surface area contributed by atoms with Gasteiger partial charge in [0.05, 0.1) is 18.2 Å². The van der Waals surface area contributed by atoms with Crippen LogP contribution in [0, 0.1) is 30.0 Å². The van der Waals surface area contributed by atoms with Gasteiger partial charge in [0, 0.05) is 23.7 Å². The summed E-state index contributed by atoms with van der Waals surface area (Å²) in [5.74, 6) is -0.374. The quantitative estimate of drug-likeness (QED) is 0.411. The molecule has 0 aliphatic rings. The van der Waals surface area contributed by atoms with Gasteiger partial charge in [-0.2, -0.15) is 5.26 Å². The number of anilines is 1. The zero-order valence-electron chi connectivity index (χ0n) is 20.1. The molecule has 0 spiro atoms. The number of nitrogens with zero attached hydrogens (tertiary/aromatic N) is 3. The third-order valence-corrected chi connectivity index (χ3v) is 6.41. The van der Waals surface area contributed by atoms with E-state index in [0.29, 0.717) is 30.9 Å². The Morgan fingerprint density at radius 1 is 1.03 bits per heavy atom. The third-order valence-electron chi connectivity index (χ3n) is 5.41. The molecule has 0 aliphatic carbocycles. The second-order valence-corrected chi connectivity index (χ2v) is 9.80. The van der Waals surface area contributed by atoms with Gasteiger partial charge in [0.2, 0.25) is 5.91 Å². The van der Waals surface area contributed by atoms with E-state index in [-0.39, 0.29) is 30.2 Å². The zero-order valence-corrected chi connectivity index (χ0v) is 20.9. The molecule has 2 aromatic carbocycles. The fourth-order valence-electron chi connectivity index (χ4n) is 3.54. The molecule has 6 nitrogen and oxygen atoms in total. The van der Waals surface area contributed by atoms with Crippen LogP contribution in [0.2, 0.25) is 0 Å². The van der Waals surface area contributed by atoms with Crippen LogP contribution in [0.4, 0.5) is 14.9 Å². The lowest BCUT2D eigenvalue weighted by molar-refractivity contribution is -0.133. The monoisotopic (exact) mass is 492 g/mol. The van der Waals surface area contributed by atoms with Gasteiger partial charge in [0.15, 0.2) is 0 Å². The molecule has 0 atom stereocenters. The number of hydrogen-bond acceptors (Lipinski definition) is 4. The number of nitriles is 1. The van der Waals surface area contributed by atoms with Crippen molar-refractivity contribution in [3.05, 3.63) is 87.4 Å². The second kappa shape index (κ2) is 12.1.